The van der Waals surface area contributed by atoms with Crippen LogP contribution in [0.4, 0.5) is 0 Å². The molecule has 2 atom stereocenters. The first-order valence-electron chi connectivity index (χ1n) is 11.3. The van der Waals surface area contributed by atoms with E-state index >= 15 is 0 Å². The van der Waals surface area contributed by atoms with Crippen molar-refractivity contribution < 1.29 is 27.8 Å². The summed E-state index contributed by atoms with van der Waals surface area (Å²) in [5.41, 5.74) is 4.52. The van der Waals surface area contributed by atoms with Crippen LogP contribution >= 0.6 is 0 Å². The number of amides is 1. The molecular weight excluding hydrogens is 470 g/mol. The Bertz CT molecular complexity index is 1140. The molecule has 0 aliphatic carbocycles. The molecule has 0 aromatic heterocycles. The second-order valence-corrected chi connectivity index (χ2v) is 10.2. The third kappa shape index (κ3) is 6.47. The number of nitrogens with one attached hydrogen (secondary N) is 2. The number of ether oxygens (including phenoxy) is 2. The molecule has 3 rings (SSSR count). The van der Waals surface area contributed by atoms with Crippen LogP contribution in [0.2, 0.25) is 0 Å². The highest BCUT2D eigenvalue weighted by molar-refractivity contribution is 7.91. The summed E-state index contributed by atoms with van der Waals surface area (Å²) in [5, 5.41) is 8.89. The van der Waals surface area contributed by atoms with E-state index in [1.54, 1.807) is 55.5 Å². The SMILES string of the molecule is C=CCNNC(=O)[C@@]1(CCS(=O)(=O)c2ccccc2)N=C(c2ccc(OCCCO)cc2)O[C@H]1C. The van der Waals surface area contributed by atoms with Crippen LogP contribution in [0.3, 0.4) is 0 Å². The Labute approximate surface area is 205 Å². The van der Waals surface area contributed by atoms with Crippen LogP contribution in [-0.4, -0.2) is 62.5 Å². The van der Waals surface area contributed by atoms with Crippen LogP contribution in [-0.2, 0) is 19.4 Å². The smallest absolute Gasteiger partial charge is 0.266 e. The normalized spacial score (nSPS) is 19.5. The summed E-state index contributed by atoms with van der Waals surface area (Å²) in [5.74, 6) is 0.0958. The van der Waals surface area contributed by atoms with Gasteiger partial charge >= 0.3 is 0 Å². The molecule has 1 aliphatic rings. The molecule has 188 valence electrons. The van der Waals surface area contributed by atoms with Crippen molar-refractivity contribution in [2.24, 2.45) is 4.99 Å². The summed E-state index contributed by atoms with van der Waals surface area (Å²) < 4.78 is 37.4. The molecule has 10 heteroatoms. The van der Waals surface area contributed by atoms with Gasteiger partial charge in [-0.15, -0.1) is 6.58 Å². The van der Waals surface area contributed by atoms with E-state index in [2.05, 4.69) is 22.4 Å². The third-order valence-electron chi connectivity index (χ3n) is 5.63. The topological polar surface area (TPSA) is 126 Å². The Balaban J connectivity index is 1.86. The number of hydrogen-bond donors (Lipinski definition) is 3. The van der Waals surface area contributed by atoms with Crippen molar-refractivity contribution in [1.29, 1.82) is 0 Å². The summed E-state index contributed by atoms with van der Waals surface area (Å²) in [6, 6.07) is 15.1. The molecule has 0 unspecified atom stereocenters. The first-order chi connectivity index (χ1) is 16.8. The molecule has 0 spiro atoms. The number of carbonyl (C=O) groups is 1. The molecule has 2 aromatic carbocycles. The average molecular weight is 502 g/mol. The number of nitrogens with zero attached hydrogens (tertiary/aromatic N) is 1. The molecule has 0 bridgehead atoms. The average Bonchev–Trinajstić information content (AvgIpc) is 3.21. The fourth-order valence-corrected chi connectivity index (χ4v) is 4.99. The summed E-state index contributed by atoms with van der Waals surface area (Å²) in [6.07, 6.45) is 1.33. The monoisotopic (exact) mass is 501 g/mol. The molecule has 3 N–H and O–H groups in total. The van der Waals surface area contributed by atoms with Gasteiger partial charge < -0.3 is 14.6 Å². The molecule has 0 saturated carbocycles. The van der Waals surface area contributed by atoms with Gasteiger partial charge in [0.05, 0.1) is 17.3 Å². The van der Waals surface area contributed by atoms with Crippen molar-refractivity contribution in [2.75, 3.05) is 25.5 Å². The Morgan fingerprint density at radius 3 is 2.60 bits per heavy atom. The lowest BCUT2D eigenvalue weighted by Crippen LogP contribution is -2.55. The number of benzene rings is 2. The first kappa shape index (κ1) is 26.4. The standard InChI is InChI=1S/C25H31N3O6S/c1-3-15-26-28-24(30)25(14-18-35(31,32)22-8-5-4-6-9-22)19(2)34-23(27-25)20-10-12-21(13-11-20)33-17-7-16-29/h3-6,8-13,19,26,29H,1,7,14-18H2,2H3,(H,28,30)/t19-,25-/m0/s1. The van der Waals surface area contributed by atoms with Gasteiger partial charge in [0.2, 0.25) is 5.90 Å². The number of carbonyl (C=O) groups excluding carboxylic acids is 1. The Morgan fingerprint density at radius 2 is 1.94 bits per heavy atom. The number of aliphatic imine (C=N–C) groups is 1. The minimum atomic E-state index is -3.64. The van der Waals surface area contributed by atoms with Gasteiger partial charge in [-0.05, 0) is 49.7 Å². The van der Waals surface area contributed by atoms with E-state index in [4.69, 9.17) is 14.6 Å². The van der Waals surface area contributed by atoms with Gasteiger partial charge in [0.25, 0.3) is 5.91 Å². The summed E-state index contributed by atoms with van der Waals surface area (Å²) in [6.45, 7) is 6.07. The van der Waals surface area contributed by atoms with Crippen LogP contribution in [0.5, 0.6) is 5.75 Å². The van der Waals surface area contributed by atoms with Crippen LogP contribution in [0.1, 0.15) is 25.3 Å². The minimum absolute atomic E-state index is 0.0480. The maximum Gasteiger partial charge on any atom is 0.266 e. The van der Waals surface area contributed by atoms with Crippen molar-refractivity contribution in [1.82, 2.24) is 10.9 Å². The molecule has 1 amide bonds. The van der Waals surface area contributed by atoms with Crippen LogP contribution in [0.15, 0.2) is 77.1 Å². The predicted octanol–water partition coefficient (Wildman–Crippen LogP) is 2.02. The molecule has 0 fully saturated rings. The highest BCUT2D eigenvalue weighted by Gasteiger charge is 2.50. The van der Waals surface area contributed by atoms with E-state index in [0.717, 1.165) is 0 Å². The van der Waals surface area contributed by atoms with Crippen LogP contribution < -0.4 is 15.6 Å². The Morgan fingerprint density at radius 1 is 1.23 bits per heavy atom. The highest BCUT2D eigenvalue weighted by Crippen LogP contribution is 2.33. The molecule has 9 nitrogen and oxygen atoms in total. The fraction of sp³-hybridized carbons (Fsp3) is 0.360. The van der Waals surface area contributed by atoms with Crippen LogP contribution in [0, 0.1) is 0 Å². The minimum Gasteiger partial charge on any atom is -0.494 e. The second-order valence-electron chi connectivity index (χ2n) is 8.06. The lowest BCUT2D eigenvalue weighted by Gasteiger charge is -2.28. The second kappa shape index (κ2) is 12.0. The molecule has 2 aromatic rings. The van der Waals surface area contributed by atoms with Crippen molar-refractivity contribution in [2.45, 2.75) is 36.3 Å². The number of aliphatic hydroxyl groups excluding tert-OH is 1. The quantitative estimate of drug-likeness (QED) is 0.218. The zero-order valence-corrected chi connectivity index (χ0v) is 20.5. The van der Waals surface area contributed by atoms with Gasteiger partial charge in [-0.2, -0.15) is 0 Å². The van der Waals surface area contributed by atoms with Gasteiger partial charge in [-0.1, -0.05) is 24.3 Å². The van der Waals surface area contributed by atoms with E-state index < -0.39 is 27.4 Å². The van der Waals surface area contributed by atoms with E-state index in [0.29, 0.717) is 30.9 Å². The number of hydrazine groups is 1. The Kier molecular flexibility index (Phi) is 9.02. The lowest BCUT2D eigenvalue weighted by molar-refractivity contribution is -0.129. The number of sulfone groups is 1. The molecule has 35 heavy (non-hydrogen) atoms. The largest absolute Gasteiger partial charge is 0.494 e. The first-order valence-corrected chi connectivity index (χ1v) is 13.0. The van der Waals surface area contributed by atoms with Gasteiger partial charge in [0.1, 0.15) is 11.9 Å². The number of hydrogen-bond acceptors (Lipinski definition) is 8. The van der Waals surface area contributed by atoms with Crippen molar-refractivity contribution in [3.05, 3.63) is 72.8 Å². The highest BCUT2D eigenvalue weighted by atomic mass is 32.2. The van der Waals surface area contributed by atoms with Crippen molar-refractivity contribution >= 4 is 21.6 Å². The third-order valence-corrected chi connectivity index (χ3v) is 7.36. The number of rotatable bonds is 13. The molecule has 1 aliphatic heterocycles. The summed E-state index contributed by atoms with van der Waals surface area (Å²) in [7, 11) is -3.64. The van der Waals surface area contributed by atoms with E-state index in [-0.39, 0.29) is 29.6 Å². The van der Waals surface area contributed by atoms with Crippen molar-refractivity contribution in [3.63, 3.8) is 0 Å². The Hall–Kier alpha value is -3.21. The van der Waals surface area contributed by atoms with Gasteiger partial charge in [0, 0.05) is 25.1 Å². The number of aliphatic hydroxyl groups is 1. The maximum atomic E-state index is 13.3. The molecular formula is C25H31N3O6S. The fourth-order valence-electron chi connectivity index (χ4n) is 3.60. The summed E-state index contributed by atoms with van der Waals surface area (Å²) in [4.78, 5) is 18.1. The van der Waals surface area contributed by atoms with Gasteiger partial charge in [-0.3, -0.25) is 10.2 Å². The van der Waals surface area contributed by atoms with Crippen molar-refractivity contribution in [3.8, 4) is 5.75 Å². The zero-order chi connectivity index (χ0) is 25.3. The zero-order valence-electron chi connectivity index (χ0n) is 19.6. The maximum absolute atomic E-state index is 13.3. The van der Waals surface area contributed by atoms with Gasteiger partial charge in [-0.25, -0.2) is 18.8 Å². The van der Waals surface area contributed by atoms with E-state index in [1.807, 2.05) is 0 Å². The van der Waals surface area contributed by atoms with E-state index in [9.17, 15) is 13.2 Å². The van der Waals surface area contributed by atoms with Crippen LogP contribution in [0.25, 0.3) is 0 Å². The molecule has 0 saturated heterocycles. The van der Waals surface area contributed by atoms with E-state index in [1.165, 1.54) is 12.1 Å². The predicted molar refractivity (Wildman–Crippen MR) is 133 cm³/mol. The van der Waals surface area contributed by atoms with Gasteiger partial charge in [0.15, 0.2) is 15.4 Å². The molecule has 0 radical (unpaired) electrons. The lowest BCUT2D eigenvalue weighted by atomic mass is 9.90. The summed E-state index contributed by atoms with van der Waals surface area (Å²) >= 11 is 0. The molecule has 1 heterocycles.